The Morgan fingerprint density at radius 1 is 0.871 bits per heavy atom. The third-order valence-electron chi connectivity index (χ3n) is 5.16. The van der Waals surface area contributed by atoms with Gasteiger partial charge in [-0.2, -0.15) is 0 Å². The molecule has 0 saturated carbocycles. The number of fused-ring (bicyclic) bond motifs is 3. The van der Waals surface area contributed by atoms with Gasteiger partial charge in [-0.1, -0.05) is 30.3 Å². The highest BCUT2D eigenvalue weighted by atomic mass is 19.1. The van der Waals surface area contributed by atoms with E-state index < -0.39 is 23.0 Å². The van der Waals surface area contributed by atoms with Gasteiger partial charge in [-0.3, -0.25) is 4.79 Å². The summed E-state index contributed by atoms with van der Waals surface area (Å²) in [4.78, 5) is 25.4. The fraction of sp³-hybridized carbons (Fsp3) is 0.0400. The summed E-state index contributed by atoms with van der Waals surface area (Å²) in [7, 11) is 0. The molecule has 0 aliphatic rings. The summed E-state index contributed by atoms with van der Waals surface area (Å²) in [6, 6.07) is 16.1. The molecule has 0 radical (unpaired) electrons. The zero-order valence-electron chi connectivity index (χ0n) is 16.2. The third-order valence-corrected chi connectivity index (χ3v) is 5.16. The molecule has 0 atom stereocenters. The van der Waals surface area contributed by atoms with E-state index in [0.29, 0.717) is 21.9 Å². The van der Waals surface area contributed by atoms with E-state index in [4.69, 9.17) is 8.83 Å². The van der Waals surface area contributed by atoms with Crippen LogP contribution in [0, 0.1) is 18.6 Å². The summed E-state index contributed by atoms with van der Waals surface area (Å²) in [5.74, 6) is -2.16. The van der Waals surface area contributed by atoms with Crippen LogP contribution in [0.1, 0.15) is 21.7 Å². The molecular formula is C25H14F2O4. The lowest BCUT2D eigenvalue weighted by Gasteiger charge is -2.06. The van der Waals surface area contributed by atoms with E-state index in [0.717, 1.165) is 18.2 Å². The Morgan fingerprint density at radius 3 is 2.29 bits per heavy atom. The van der Waals surface area contributed by atoms with E-state index in [2.05, 4.69) is 0 Å². The van der Waals surface area contributed by atoms with Crippen molar-refractivity contribution >= 4 is 27.7 Å². The van der Waals surface area contributed by atoms with Gasteiger partial charge < -0.3 is 8.83 Å². The molecule has 31 heavy (non-hydrogen) atoms. The van der Waals surface area contributed by atoms with Crippen molar-refractivity contribution in [3.05, 3.63) is 106 Å². The van der Waals surface area contributed by atoms with Gasteiger partial charge in [-0.15, -0.1) is 0 Å². The number of carbonyl (C=O) groups excluding carboxylic acids is 1. The van der Waals surface area contributed by atoms with Gasteiger partial charge in [0.2, 0.25) is 5.78 Å². The molecule has 0 amide bonds. The number of benzene rings is 3. The van der Waals surface area contributed by atoms with Crippen LogP contribution in [0.25, 0.3) is 33.1 Å². The normalized spacial score (nSPS) is 11.3. The van der Waals surface area contributed by atoms with Crippen molar-refractivity contribution in [2.24, 2.45) is 0 Å². The molecule has 0 unspecified atom stereocenters. The molecule has 0 spiro atoms. The molecular weight excluding hydrogens is 402 g/mol. The average Bonchev–Trinajstić information content (AvgIpc) is 3.13. The summed E-state index contributed by atoms with van der Waals surface area (Å²) >= 11 is 0. The second-order valence-corrected chi connectivity index (χ2v) is 7.22. The van der Waals surface area contributed by atoms with Crippen molar-refractivity contribution in [3.63, 3.8) is 0 Å². The van der Waals surface area contributed by atoms with Crippen molar-refractivity contribution in [3.8, 4) is 11.1 Å². The number of rotatable bonds is 3. The van der Waals surface area contributed by atoms with Gasteiger partial charge in [0.05, 0.1) is 5.39 Å². The minimum absolute atomic E-state index is 0.0946. The van der Waals surface area contributed by atoms with E-state index in [1.54, 1.807) is 49.4 Å². The van der Waals surface area contributed by atoms with Crippen LogP contribution in [0.3, 0.4) is 0 Å². The maximum atomic E-state index is 14.1. The van der Waals surface area contributed by atoms with E-state index in [9.17, 15) is 18.4 Å². The van der Waals surface area contributed by atoms with E-state index >= 15 is 0 Å². The van der Waals surface area contributed by atoms with Crippen LogP contribution in [0.15, 0.2) is 80.4 Å². The molecule has 0 fully saturated rings. The molecule has 2 heterocycles. The first-order chi connectivity index (χ1) is 14.9. The van der Waals surface area contributed by atoms with Gasteiger partial charge in [-0.25, -0.2) is 13.6 Å². The van der Waals surface area contributed by atoms with Crippen molar-refractivity contribution in [1.29, 1.82) is 0 Å². The Morgan fingerprint density at radius 2 is 1.58 bits per heavy atom. The number of hydrogen-bond acceptors (Lipinski definition) is 4. The first-order valence-corrected chi connectivity index (χ1v) is 9.48. The van der Waals surface area contributed by atoms with E-state index in [-0.39, 0.29) is 28.1 Å². The third kappa shape index (κ3) is 3.13. The molecule has 4 nitrogen and oxygen atoms in total. The summed E-state index contributed by atoms with van der Waals surface area (Å²) in [5.41, 5.74) is 1.17. The number of halogens is 2. The van der Waals surface area contributed by atoms with Crippen LogP contribution >= 0.6 is 0 Å². The molecule has 5 aromatic rings. The highest BCUT2D eigenvalue weighted by molar-refractivity contribution is 6.20. The fourth-order valence-corrected chi connectivity index (χ4v) is 3.82. The van der Waals surface area contributed by atoms with Crippen LogP contribution in [0.5, 0.6) is 0 Å². The average molecular weight is 416 g/mol. The zero-order valence-corrected chi connectivity index (χ0v) is 16.2. The molecule has 2 aromatic heterocycles. The maximum absolute atomic E-state index is 14.1. The molecule has 5 rings (SSSR count). The molecule has 0 aliphatic carbocycles. The molecule has 0 saturated heterocycles. The monoisotopic (exact) mass is 416 g/mol. The SMILES string of the molecule is Cc1cc(=O)oc2c1ccc1oc(C(=O)c3ccccc3)c(-c3cc(F)cc(F)c3)c12. The van der Waals surface area contributed by atoms with Crippen LogP contribution < -0.4 is 5.63 Å². The Balaban J connectivity index is 1.94. The number of ketones is 1. The summed E-state index contributed by atoms with van der Waals surface area (Å²) in [6.45, 7) is 1.75. The summed E-state index contributed by atoms with van der Waals surface area (Å²) < 4.78 is 39.5. The van der Waals surface area contributed by atoms with E-state index in [1.165, 1.54) is 6.07 Å². The van der Waals surface area contributed by atoms with Gasteiger partial charge >= 0.3 is 5.63 Å². The number of carbonyl (C=O) groups is 1. The minimum atomic E-state index is -0.805. The Labute approximate surface area is 174 Å². The Hall–Kier alpha value is -4.06. The lowest BCUT2D eigenvalue weighted by Crippen LogP contribution is -2.02. The summed E-state index contributed by atoms with van der Waals surface area (Å²) in [6.07, 6.45) is 0. The number of hydrogen-bond donors (Lipinski definition) is 0. The second-order valence-electron chi connectivity index (χ2n) is 7.22. The lowest BCUT2D eigenvalue weighted by atomic mass is 9.96. The second kappa shape index (κ2) is 7.02. The first kappa shape index (κ1) is 18.9. The van der Waals surface area contributed by atoms with Crippen molar-refractivity contribution in [2.45, 2.75) is 6.92 Å². The minimum Gasteiger partial charge on any atom is -0.452 e. The highest BCUT2D eigenvalue weighted by Crippen LogP contribution is 2.40. The largest absolute Gasteiger partial charge is 0.452 e. The fourth-order valence-electron chi connectivity index (χ4n) is 3.82. The Kier molecular flexibility index (Phi) is 4.29. The predicted octanol–water partition coefficient (Wildman–Crippen LogP) is 6.02. The quantitative estimate of drug-likeness (QED) is 0.266. The van der Waals surface area contributed by atoms with Gasteiger partial charge in [0.25, 0.3) is 0 Å². The molecule has 0 N–H and O–H groups in total. The van der Waals surface area contributed by atoms with Crippen LogP contribution in [-0.4, -0.2) is 5.78 Å². The first-order valence-electron chi connectivity index (χ1n) is 9.48. The van der Waals surface area contributed by atoms with Gasteiger partial charge in [0, 0.05) is 28.6 Å². The van der Waals surface area contributed by atoms with Gasteiger partial charge in [0.1, 0.15) is 22.8 Å². The topological polar surface area (TPSA) is 60.4 Å². The van der Waals surface area contributed by atoms with Crippen LogP contribution in [0.2, 0.25) is 0 Å². The smallest absolute Gasteiger partial charge is 0.336 e. The highest BCUT2D eigenvalue weighted by Gasteiger charge is 2.26. The molecule has 3 aromatic carbocycles. The van der Waals surface area contributed by atoms with Crippen molar-refractivity contribution < 1.29 is 22.4 Å². The number of furan rings is 1. The Bertz CT molecular complexity index is 1530. The van der Waals surface area contributed by atoms with Gasteiger partial charge in [0.15, 0.2) is 5.76 Å². The van der Waals surface area contributed by atoms with Gasteiger partial charge in [-0.05, 0) is 42.3 Å². The zero-order chi connectivity index (χ0) is 21.7. The molecule has 6 heteroatoms. The molecule has 0 bridgehead atoms. The van der Waals surface area contributed by atoms with Crippen LogP contribution in [-0.2, 0) is 0 Å². The van der Waals surface area contributed by atoms with Crippen molar-refractivity contribution in [2.75, 3.05) is 0 Å². The predicted molar refractivity (Wildman–Crippen MR) is 112 cm³/mol. The number of aryl methyl sites for hydroxylation is 1. The van der Waals surface area contributed by atoms with Crippen molar-refractivity contribution in [1.82, 2.24) is 0 Å². The molecule has 0 aliphatic heterocycles. The standard InChI is InChI=1S/C25H14F2O4/c1-13-9-20(28)31-24-18(13)7-8-19-22(24)21(15-10-16(26)12-17(27)11-15)25(30-19)23(29)14-5-3-2-4-6-14/h2-12H,1H3. The summed E-state index contributed by atoms with van der Waals surface area (Å²) in [5, 5.41) is 0.937. The maximum Gasteiger partial charge on any atom is 0.336 e. The molecule has 152 valence electrons. The van der Waals surface area contributed by atoms with Crippen LogP contribution in [0.4, 0.5) is 8.78 Å². The lowest BCUT2D eigenvalue weighted by molar-refractivity contribution is 0.101. The van der Waals surface area contributed by atoms with E-state index in [1.807, 2.05) is 0 Å².